The van der Waals surface area contributed by atoms with E-state index in [1.165, 1.54) is 11.2 Å². The van der Waals surface area contributed by atoms with Crippen molar-refractivity contribution in [2.45, 2.75) is 6.92 Å². The van der Waals surface area contributed by atoms with Gasteiger partial charge in [-0.25, -0.2) is 9.80 Å². The third-order valence-corrected chi connectivity index (χ3v) is 2.39. The minimum absolute atomic E-state index is 0.113. The molecule has 98 valence electrons. The van der Waals surface area contributed by atoms with Gasteiger partial charge in [-0.05, 0) is 31.3 Å². The molecule has 1 aromatic carbocycles. The Morgan fingerprint density at radius 3 is 2.79 bits per heavy atom. The van der Waals surface area contributed by atoms with Crippen molar-refractivity contribution in [1.29, 1.82) is 0 Å². The normalized spacial score (nSPS) is 17.2. The molecule has 1 saturated heterocycles. The molecule has 1 fully saturated rings. The summed E-state index contributed by atoms with van der Waals surface area (Å²) in [6.45, 7) is 1.97. The summed E-state index contributed by atoms with van der Waals surface area (Å²) in [5, 5.41) is 8.40. The van der Waals surface area contributed by atoms with Crippen molar-refractivity contribution in [3.05, 3.63) is 41.7 Å². The summed E-state index contributed by atoms with van der Waals surface area (Å²) in [7, 11) is 0. The van der Waals surface area contributed by atoms with E-state index in [1.807, 2.05) is 31.2 Å². The number of aryl methyl sites for hydroxylation is 1. The monoisotopic (exact) mass is 277 g/mol. The van der Waals surface area contributed by atoms with E-state index in [0.717, 1.165) is 11.3 Å². The first-order valence-electron chi connectivity index (χ1n) is 5.32. The van der Waals surface area contributed by atoms with Crippen LogP contribution in [0, 0.1) is 6.92 Å². The predicted molar refractivity (Wildman–Crippen MR) is 72.6 cm³/mol. The first-order valence-corrected chi connectivity index (χ1v) is 5.73. The first kappa shape index (κ1) is 13.1. The zero-order valence-electron chi connectivity index (χ0n) is 10.0. The average molecular weight is 277 g/mol. The highest BCUT2D eigenvalue weighted by Crippen LogP contribution is 2.22. The van der Waals surface area contributed by atoms with E-state index < -0.39 is 5.97 Å². The molecule has 1 aliphatic rings. The molecule has 0 bridgehead atoms. The molecule has 0 radical (unpaired) electrons. The minimum Gasteiger partial charge on any atom is -0.373 e. The molecule has 8 heteroatoms. The second-order valence-corrected chi connectivity index (χ2v) is 4.14. The Kier molecular flexibility index (Phi) is 3.83. The molecule has 0 unspecified atom stereocenters. The molecule has 1 aromatic rings. The number of hydrogen-bond donors (Lipinski definition) is 2. The summed E-state index contributed by atoms with van der Waals surface area (Å²) in [5.41, 5.74) is 9.67. The number of benzene rings is 1. The van der Waals surface area contributed by atoms with E-state index >= 15 is 0 Å². The number of hydrazine groups is 1. The lowest BCUT2D eigenvalue weighted by Gasteiger charge is -2.14. The molecule has 3 N–H and O–H groups in total. The molecule has 0 spiro atoms. The van der Waals surface area contributed by atoms with E-state index in [4.69, 9.17) is 10.6 Å². The lowest BCUT2D eigenvalue weighted by Crippen LogP contribution is -2.28. The lowest BCUT2D eigenvalue weighted by molar-refractivity contribution is -0.140. The van der Waals surface area contributed by atoms with Gasteiger partial charge >= 0.3 is 5.97 Å². The largest absolute Gasteiger partial charge is 0.378 e. The predicted octanol–water partition coefficient (Wildman–Crippen LogP) is 1.32. The number of thiocarbonyl (C=S) groups is 1. The average Bonchev–Trinajstić information content (AvgIpc) is 2.72. The molecule has 7 nitrogen and oxygen atoms in total. The van der Waals surface area contributed by atoms with Gasteiger partial charge in [-0.1, -0.05) is 23.3 Å². The molecule has 1 aliphatic heterocycles. The van der Waals surface area contributed by atoms with E-state index in [2.05, 4.69) is 28.0 Å². The van der Waals surface area contributed by atoms with Crippen molar-refractivity contribution >= 4 is 29.0 Å². The van der Waals surface area contributed by atoms with Crippen LogP contribution in [0.4, 0.5) is 5.69 Å². The van der Waals surface area contributed by atoms with Gasteiger partial charge in [0.1, 0.15) is 0 Å². The van der Waals surface area contributed by atoms with Gasteiger partial charge in [-0.15, -0.1) is 5.11 Å². The molecule has 0 amide bonds. The number of carbonyl (C=O) groups excluding carboxylic acids is 1. The number of nitrogens with zero attached hydrogens (tertiary/aromatic N) is 3. The molecule has 2 rings (SSSR count). The van der Waals surface area contributed by atoms with E-state index in [-0.39, 0.29) is 10.8 Å². The summed E-state index contributed by atoms with van der Waals surface area (Å²) < 4.78 is 0. The van der Waals surface area contributed by atoms with Crippen molar-refractivity contribution in [1.82, 2.24) is 5.59 Å². The number of carbonyl (C=O) groups is 1. The summed E-state index contributed by atoms with van der Waals surface area (Å²) in [4.78, 5) is 16.3. The highest BCUT2D eigenvalue weighted by molar-refractivity contribution is 7.80. The third kappa shape index (κ3) is 3.12. The Hall–Kier alpha value is -2.32. The number of hydrogen-bond acceptors (Lipinski definition) is 6. The number of rotatable bonds is 2. The summed E-state index contributed by atoms with van der Waals surface area (Å²) >= 11 is 4.55. The Bertz CT molecular complexity index is 567. The molecule has 0 aliphatic carbocycles. The van der Waals surface area contributed by atoms with E-state index in [0.29, 0.717) is 0 Å². The van der Waals surface area contributed by atoms with Crippen LogP contribution in [0.1, 0.15) is 5.56 Å². The summed E-state index contributed by atoms with van der Waals surface area (Å²) in [6, 6.07) is 7.49. The van der Waals surface area contributed by atoms with Gasteiger partial charge in [0.15, 0.2) is 5.70 Å². The quantitative estimate of drug-likeness (QED) is 0.481. The second kappa shape index (κ2) is 5.55. The first-order chi connectivity index (χ1) is 9.08. The Morgan fingerprint density at radius 2 is 2.16 bits per heavy atom. The van der Waals surface area contributed by atoms with Crippen LogP contribution in [-0.2, 0) is 9.63 Å². The van der Waals surface area contributed by atoms with Gasteiger partial charge in [0.05, 0.1) is 11.9 Å². The molecule has 0 aromatic heterocycles. The number of azo groups is 1. The van der Waals surface area contributed by atoms with Crippen LogP contribution in [0.25, 0.3) is 0 Å². The smallest absolute Gasteiger partial charge is 0.373 e. The van der Waals surface area contributed by atoms with Gasteiger partial charge in [-0.3, -0.25) is 0 Å². The zero-order chi connectivity index (χ0) is 13.8. The highest BCUT2D eigenvalue weighted by atomic mass is 32.1. The summed E-state index contributed by atoms with van der Waals surface area (Å²) in [5.74, 6) is -0.567. The van der Waals surface area contributed by atoms with Crippen LogP contribution in [0.2, 0.25) is 0 Å². The minimum atomic E-state index is -0.567. The summed E-state index contributed by atoms with van der Waals surface area (Å²) in [6.07, 6.45) is 1.22. The van der Waals surface area contributed by atoms with Crippen LogP contribution in [0.3, 0.4) is 0 Å². The van der Waals surface area contributed by atoms with Crippen LogP contribution in [0.5, 0.6) is 0 Å². The molecule has 0 atom stereocenters. The Labute approximate surface area is 114 Å². The lowest BCUT2D eigenvalue weighted by atomic mass is 10.2. The van der Waals surface area contributed by atoms with Gasteiger partial charge in [0.25, 0.3) is 0 Å². The van der Waals surface area contributed by atoms with Crippen LogP contribution >= 0.6 is 12.2 Å². The topological polar surface area (TPSA) is 92.3 Å². The fraction of sp³-hybridized carbons (Fsp3) is 0.0909. The van der Waals surface area contributed by atoms with Gasteiger partial charge in [-0.2, -0.15) is 5.11 Å². The van der Waals surface area contributed by atoms with Crippen molar-refractivity contribution in [3.63, 3.8) is 0 Å². The standard InChI is InChI=1S/C11H11N5O2S/c1-7-2-4-8(5-3-7)16-9(10(17)18-15-16)6-13-14-11(12)19/h2-6,15H,1H3,(H2,12,19)/b9-6-,14-13?. The Balaban J connectivity index is 2.26. The zero-order valence-corrected chi connectivity index (χ0v) is 10.8. The van der Waals surface area contributed by atoms with E-state index in [9.17, 15) is 4.79 Å². The van der Waals surface area contributed by atoms with Crippen molar-refractivity contribution in [2.24, 2.45) is 16.0 Å². The van der Waals surface area contributed by atoms with Crippen LogP contribution in [0.15, 0.2) is 46.4 Å². The van der Waals surface area contributed by atoms with Crippen molar-refractivity contribution < 1.29 is 9.63 Å². The molecule has 19 heavy (non-hydrogen) atoms. The number of anilines is 1. The van der Waals surface area contributed by atoms with Crippen LogP contribution < -0.4 is 16.3 Å². The fourth-order valence-corrected chi connectivity index (χ4v) is 1.46. The maximum absolute atomic E-state index is 11.5. The van der Waals surface area contributed by atoms with E-state index in [1.54, 1.807) is 0 Å². The molecule has 1 heterocycles. The number of nitrogens with one attached hydrogen (secondary N) is 1. The maximum atomic E-state index is 11.5. The highest BCUT2D eigenvalue weighted by Gasteiger charge is 2.29. The van der Waals surface area contributed by atoms with Crippen molar-refractivity contribution in [3.8, 4) is 0 Å². The number of nitrogens with two attached hydrogens (primary N) is 1. The van der Waals surface area contributed by atoms with Gasteiger partial charge < -0.3 is 10.6 Å². The second-order valence-electron chi connectivity index (χ2n) is 3.72. The molecule has 0 saturated carbocycles. The third-order valence-electron chi connectivity index (χ3n) is 2.31. The molecular weight excluding hydrogens is 266 g/mol. The molecular formula is C11H11N5O2S. The maximum Gasteiger partial charge on any atom is 0.378 e. The Morgan fingerprint density at radius 1 is 1.47 bits per heavy atom. The fourth-order valence-electron chi connectivity index (χ4n) is 1.42. The van der Waals surface area contributed by atoms with Gasteiger partial charge in [0.2, 0.25) is 5.11 Å². The SMILES string of the molecule is Cc1ccc(N2NOC(=O)/C2=C/N=NC(N)=S)cc1. The van der Waals surface area contributed by atoms with Gasteiger partial charge in [0, 0.05) is 0 Å². The van der Waals surface area contributed by atoms with Crippen molar-refractivity contribution in [2.75, 3.05) is 5.01 Å². The van der Waals surface area contributed by atoms with Crippen LogP contribution in [-0.4, -0.2) is 11.1 Å².